The Labute approximate surface area is 184 Å². The predicted molar refractivity (Wildman–Crippen MR) is 120 cm³/mol. The van der Waals surface area contributed by atoms with Gasteiger partial charge in [-0.1, -0.05) is 29.3 Å². The van der Waals surface area contributed by atoms with Crippen LogP contribution in [0.15, 0.2) is 36.9 Å². The van der Waals surface area contributed by atoms with E-state index in [-0.39, 0.29) is 6.23 Å². The minimum absolute atomic E-state index is 0.0362. The number of hydrogen-bond donors (Lipinski definition) is 3. The van der Waals surface area contributed by atoms with Gasteiger partial charge in [-0.25, -0.2) is 10.5 Å². The second kappa shape index (κ2) is 8.87. The molecule has 1 aromatic carbocycles. The van der Waals surface area contributed by atoms with Crippen LogP contribution >= 0.6 is 23.2 Å². The fourth-order valence-corrected chi connectivity index (χ4v) is 4.11. The summed E-state index contributed by atoms with van der Waals surface area (Å²) in [7, 11) is 0. The molecule has 0 aliphatic carbocycles. The summed E-state index contributed by atoms with van der Waals surface area (Å²) in [6.07, 6.45) is 10.5. The quantitative estimate of drug-likeness (QED) is 0.392. The summed E-state index contributed by atoms with van der Waals surface area (Å²) in [4.78, 5) is 0. The van der Waals surface area contributed by atoms with E-state index in [1.807, 2.05) is 29.3 Å². The first-order valence-corrected chi connectivity index (χ1v) is 10.6. The SMILES string of the molecule is NCCN(N)/C=C(\N)n1cc(-c2cnn(C3CCCCO3)c2)c2ccc(Cl)c(Cl)c21. The molecule has 1 aliphatic rings. The summed E-state index contributed by atoms with van der Waals surface area (Å²) in [5.74, 6) is 6.33. The second-order valence-electron chi connectivity index (χ2n) is 7.28. The van der Waals surface area contributed by atoms with E-state index >= 15 is 0 Å². The molecule has 1 aliphatic heterocycles. The maximum Gasteiger partial charge on any atom is 0.150 e. The van der Waals surface area contributed by atoms with E-state index in [4.69, 9.17) is 45.2 Å². The number of nitrogens with two attached hydrogens (primary N) is 3. The van der Waals surface area contributed by atoms with E-state index in [0.29, 0.717) is 34.5 Å². The zero-order valence-corrected chi connectivity index (χ0v) is 18.0. The van der Waals surface area contributed by atoms with Crippen LogP contribution in [-0.2, 0) is 4.74 Å². The fraction of sp³-hybridized carbons (Fsp3) is 0.350. The molecule has 1 atom stereocenters. The van der Waals surface area contributed by atoms with Gasteiger partial charge >= 0.3 is 0 Å². The first kappa shape index (κ1) is 21.0. The van der Waals surface area contributed by atoms with Crippen LogP contribution in [0.4, 0.5) is 0 Å². The van der Waals surface area contributed by atoms with E-state index in [1.165, 1.54) is 5.01 Å². The number of fused-ring (bicyclic) bond motifs is 1. The third-order valence-corrected chi connectivity index (χ3v) is 5.98. The first-order chi connectivity index (χ1) is 14.5. The Morgan fingerprint density at radius 1 is 1.30 bits per heavy atom. The lowest BCUT2D eigenvalue weighted by molar-refractivity contribution is -0.0394. The van der Waals surface area contributed by atoms with Crippen LogP contribution in [0.3, 0.4) is 0 Å². The van der Waals surface area contributed by atoms with E-state index < -0.39 is 0 Å². The van der Waals surface area contributed by atoms with Crippen molar-refractivity contribution in [1.82, 2.24) is 19.4 Å². The molecular weight excluding hydrogens is 425 g/mol. The molecule has 1 fully saturated rings. The smallest absolute Gasteiger partial charge is 0.150 e. The van der Waals surface area contributed by atoms with Crippen molar-refractivity contribution in [2.45, 2.75) is 25.5 Å². The van der Waals surface area contributed by atoms with Gasteiger partial charge in [-0.3, -0.25) is 4.57 Å². The van der Waals surface area contributed by atoms with Crippen LogP contribution in [-0.4, -0.2) is 39.1 Å². The third kappa shape index (κ3) is 4.01. The Bertz CT molecular complexity index is 1070. The maximum atomic E-state index is 6.56. The van der Waals surface area contributed by atoms with Gasteiger partial charge in [0.25, 0.3) is 0 Å². The fourth-order valence-electron chi connectivity index (χ4n) is 3.70. The molecule has 3 heterocycles. The number of hydrogen-bond acceptors (Lipinski definition) is 6. The highest BCUT2D eigenvalue weighted by Crippen LogP contribution is 2.39. The molecule has 3 aromatic rings. The van der Waals surface area contributed by atoms with Gasteiger partial charge in [-0.05, 0) is 25.3 Å². The number of hydrazine groups is 1. The summed E-state index contributed by atoms with van der Waals surface area (Å²) >= 11 is 12.8. The topological polar surface area (TPSA) is 113 Å². The van der Waals surface area contributed by atoms with Crippen molar-refractivity contribution in [1.29, 1.82) is 0 Å². The lowest BCUT2D eigenvalue weighted by Gasteiger charge is -2.22. The van der Waals surface area contributed by atoms with Gasteiger partial charge < -0.3 is 21.2 Å². The highest BCUT2D eigenvalue weighted by molar-refractivity contribution is 6.45. The summed E-state index contributed by atoms with van der Waals surface area (Å²) in [6.45, 7) is 1.63. The lowest BCUT2D eigenvalue weighted by atomic mass is 10.1. The summed E-state index contributed by atoms with van der Waals surface area (Å²) < 4.78 is 9.50. The first-order valence-electron chi connectivity index (χ1n) is 9.84. The van der Waals surface area contributed by atoms with Crippen LogP contribution in [0.1, 0.15) is 25.5 Å². The molecule has 8 nitrogen and oxygen atoms in total. The minimum Gasteiger partial charge on any atom is -0.384 e. The number of ether oxygens (including phenoxy) is 1. The molecule has 10 heteroatoms. The zero-order chi connectivity index (χ0) is 21.3. The summed E-state index contributed by atoms with van der Waals surface area (Å²) in [5.41, 5.74) is 14.5. The van der Waals surface area contributed by atoms with Crippen LogP contribution in [0.2, 0.25) is 10.0 Å². The zero-order valence-electron chi connectivity index (χ0n) is 16.5. The Kier molecular flexibility index (Phi) is 6.21. The largest absolute Gasteiger partial charge is 0.384 e. The third-order valence-electron chi connectivity index (χ3n) is 5.19. The molecule has 0 radical (unpaired) electrons. The Hall–Kier alpha value is -2.23. The minimum atomic E-state index is -0.0362. The molecule has 1 unspecified atom stereocenters. The monoisotopic (exact) mass is 449 g/mol. The lowest BCUT2D eigenvalue weighted by Crippen LogP contribution is -2.32. The number of halogens is 2. The van der Waals surface area contributed by atoms with Crippen molar-refractivity contribution >= 4 is 39.9 Å². The summed E-state index contributed by atoms with van der Waals surface area (Å²) in [6, 6.07) is 3.70. The van der Waals surface area contributed by atoms with Crippen molar-refractivity contribution in [2.75, 3.05) is 19.7 Å². The van der Waals surface area contributed by atoms with Crippen molar-refractivity contribution in [3.05, 3.63) is 47.0 Å². The van der Waals surface area contributed by atoms with Gasteiger partial charge in [0, 0.05) is 48.6 Å². The van der Waals surface area contributed by atoms with Crippen LogP contribution in [0, 0.1) is 0 Å². The van der Waals surface area contributed by atoms with E-state index in [0.717, 1.165) is 42.4 Å². The Morgan fingerprint density at radius 3 is 2.87 bits per heavy atom. The molecule has 2 aromatic heterocycles. The predicted octanol–water partition coefficient (Wildman–Crippen LogP) is 3.36. The van der Waals surface area contributed by atoms with E-state index in [1.54, 1.807) is 16.8 Å². The highest BCUT2D eigenvalue weighted by atomic mass is 35.5. The maximum absolute atomic E-state index is 6.56. The van der Waals surface area contributed by atoms with Crippen molar-refractivity contribution < 1.29 is 4.74 Å². The van der Waals surface area contributed by atoms with Gasteiger partial charge in [0.1, 0.15) is 12.0 Å². The molecule has 1 saturated heterocycles. The molecule has 30 heavy (non-hydrogen) atoms. The number of rotatable bonds is 6. The molecule has 0 saturated carbocycles. The molecular formula is C20H25Cl2N7O. The van der Waals surface area contributed by atoms with Crippen LogP contribution in [0.5, 0.6) is 0 Å². The second-order valence-corrected chi connectivity index (χ2v) is 8.07. The average molecular weight is 450 g/mol. The number of nitrogens with zero attached hydrogens (tertiary/aromatic N) is 4. The molecule has 0 bridgehead atoms. The van der Waals surface area contributed by atoms with E-state index in [2.05, 4.69) is 5.10 Å². The summed E-state index contributed by atoms with van der Waals surface area (Å²) in [5, 5.41) is 7.74. The Balaban J connectivity index is 1.80. The standard InChI is InChI=1S/C20H25Cl2N7O/c21-16-5-4-14-15(13-9-26-29(10-13)18-3-1-2-8-30-18)11-28(20(14)19(16)22)17(24)12-27(25)7-6-23/h4-5,9-12,18H,1-3,6-8,23-25H2/b17-12+. The van der Waals surface area contributed by atoms with E-state index in [9.17, 15) is 0 Å². The van der Waals surface area contributed by atoms with Crippen molar-refractivity contribution in [2.24, 2.45) is 17.3 Å². The van der Waals surface area contributed by atoms with Crippen LogP contribution in [0.25, 0.3) is 27.9 Å². The number of benzene rings is 1. The van der Waals surface area contributed by atoms with Gasteiger partial charge in [-0.15, -0.1) is 0 Å². The molecule has 160 valence electrons. The van der Waals surface area contributed by atoms with Gasteiger partial charge in [0.05, 0.1) is 28.0 Å². The van der Waals surface area contributed by atoms with Gasteiger partial charge in [0.15, 0.2) is 0 Å². The molecule has 4 rings (SSSR count). The normalized spacial score (nSPS) is 17.6. The highest BCUT2D eigenvalue weighted by Gasteiger charge is 2.20. The van der Waals surface area contributed by atoms with Crippen molar-refractivity contribution in [3.63, 3.8) is 0 Å². The number of aromatic nitrogens is 3. The van der Waals surface area contributed by atoms with Gasteiger partial charge in [0.2, 0.25) is 0 Å². The van der Waals surface area contributed by atoms with Crippen LogP contribution < -0.4 is 17.3 Å². The average Bonchev–Trinajstić information content (AvgIpc) is 3.37. The Morgan fingerprint density at radius 2 is 2.13 bits per heavy atom. The molecule has 6 N–H and O–H groups in total. The van der Waals surface area contributed by atoms with Gasteiger partial charge in [-0.2, -0.15) is 5.10 Å². The molecule has 0 amide bonds. The van der Waals surface area contributed by atoms with Crippen molar-refractivity contribution in [3.8, 4) is 11.1 Å². The molecule has 0 spiro atoms.